The van der Waals surface area contributed by atoms with Crippen LogP contribution in [0.15, 0.2) is 52.9 Å². The van der Waals surface area contributed by atoms with Gasteiger partial charge in [0.05, 0.1) is 10.2 Å². The number of rotatable bonds is 8. The fourth-order valence-electron chi connectivity index (χ4n) is 2.22. The van der Waals surface area contributed by atoms with Crippen LogP contribution in [-0.4, -0.2) is 26.3 Å². The molecule has 0 fully saturated rings. The van der Waals surface area contributed by atoms with Crippen LogP contribution in [-0.2, 0) is 11.3 Å². The Morgan fingerprint density at radius 2 is 1.90 bits per heavy atom. The SMILES string of the molecule is CC(Sc1nnc(NCc2ccc(F)cc2)s1)C(=O)Nc1ccc([N+](=O)[O-])cc1. The first-order valence-corrected chi connectivity index (χ1v) is 10.1. The molecule has 3 rings (SSSR count). The highest BCUT2D eigenvalue weighted by Crippen LogP contribution is 2.29. The molecule has 2 N–H and O–H groups in total. The molecule has 0 saturated carbocycles. The van der Waals surface area contributed by atoms with Crippen LogP contribution in [0.2, 0.25) is 0 Å². The summed E-state index contributed by atoms with van der Waals surface area (Å²) in [7, 11) is 0. The van der Waals surface area contributed by atoms with Gasteiger partial charge in [-0.15, -0.1) is 10.2 Å². The van der Waals surface area contributed by atoms with E-state index in [9.17, 15) is 19.3 Å². The van der Waals surface area contributed by atoms with Crippen LogP contribution < -0.4 is 10.6 Å². The lowest BCUT2D eigenvalue weighted by Crippen LogP contribution is -2.22. The third-order valence-electron chi connectivity index (χ3n) is 3.76. The predicted molar refractivity (Wildman–Crippen MR) is 111 cm³/mol. The molecule has 0 aliphatic heterocycles. The van der Waals surface area contributed by atoms with Crippen molar-refractivity contribution < 1.29 is 14.1 Å². The van der Waals surface area contributed by atoms with Crippen molar-refractivity contribution in [3.05, 3.63) is 70.0 Å². The zero-order valence-corrected chi connectivity index (χ0v) is 16.8. The number of nitro groups is 1. The second-order valence-corrected chi connectivity index (χ2v) is 8.47. The Hall–Kier alpha value is -3.05. The molecule has 11 heteroatoms. The largest absolute Gasteiger partial charge is 0.356 e. The fourth-order valence-corrected chi connectivity index (χ4v) is 4.12. The van der Waals surface area contributed by atoms with Gasteiger partial charge in [-0.3, -0.25) is 14.9 Å². The maximum absolute atomic E-state index is 12.9. The van der Waals surface area contributed by atoms with Gasteiger partial charge in [0.1, 0.15) is 5.82 Å². The number of aromatic nitrogens is 2. The van der Waals surface area contributed by atoms with E-state index < -0.39 is 10.2 Å². The van der Waals surface area contributed by atoms with E-state index in [1.807, 2.05) is 0 Å². The molecular weight excluding hydrogens is 417 g/mol. The highest BCUT2D eigenvalue weighted by molar-refractivity contribution is 8.02. The average Bonchev–Trinajstić information content (AvgIpc) is 3.15. The van der Waals surface area contributed by atoms with Gasteiger partial charge in [-0.25, -0.2) is 4.39 Å². The number of hydrogen-bond donors (Lipinski definition) is 2. The van der Waals surface area contributed by atoms with Gasteiger partial charge in [0.15, 0.2) is 4.34 Å². The summed E-state index contributed by atoms with van der Waals surface area (Å²) in [5.74, 6) is -0.538. The van der Waals surface area contributed by atoms with Crippen LogP contribution in [0.3, 0.4) is 0 Å². The smallest absolute Gasteiger partial charge is 0.269 e. The molecule has 1 heterocycles. The van der Waals surface area contributed by atoms with Gasteiger partial charge in [-0.1, -0.05) is 35.2 Å². The van der Waals surface area contributed by atoms with Crippen molar-refractivity contribution in [2.24, 2.45) is 0 Å². The summed E-state index contributed by atoms with van der Waals surface area (Å²) in [6, 6.07) is 11.8. The minimum absolute atomic E-state index is 0.0417. The monoisotopic (exact) mass is 433 g/mol. The molecule has 1 unspecified atom stereocenters. The molecule has 8 nitrogen and oxygen atoms in total. The number of amides is 1. The van der Waals surface area contributed by atoms with Crippen LogP contribution in [0.1, 0.15) is 12.5 Å². The van der Waals surface area contributed by atoms with Gasteiger partial charge in [0.2, 0.25) is 11.0 Å². The van der Waals surface area contributed by atoms with Gasteiger partial charge < -0.3 is 10.6 Å². The van der Waals surface area contributed by atoms with Crippen LogP contribution in [0.5, 0.6) is 0 Å². The third-order valence-corrected chi connectivity index (χ3v) is 5.82. The Morgan fingerprint density at radius 1 is 1.21 bits per heavy atom. The number of nitrogens with zero attached hydrogens (tertiary/aromatic N) is 3. The van der Waals surface area contributed by atoms with Crippen molar-refractivity contribution in [2.45, 2.75) is 23.1 Å². The highest BCUT2D eigenvalue weighted by atomic mass is 32.2. The zero-order chi connectivity index (χ0) is 20.8. The molecule has 0 bridgehead atoms. The van der Waals surface area contributed by atoms with E-state index >= 15 is 0 Å². The van der Waals surface area contributed by atoms with E-state index in [0.717, 1.165) is 5.56 Å². The molecule has 1 amide bonds. The molecule has 150 valence electrons. The lowest BCUT2D eigenvalue weighted by Gasteiger charge is -2.10. The predicted octanol–water partition coefficient (Wildman–Crippen LogP) is 4.32. The van der Waals surface area contributed by atoms with E-state index in [1.165, 1.54) is 59.5 Å². The second-order valence-electron chi connectivity index (χ2n) is 5.91. The van der Waals surface area contributed by atoms with Crippen LogP contribution in [0.4, 0.5) is 20.9 Å². The lowest BCUT2D eigenvalue weighted by atomic mass is 10.2. The number of carbonyl (C=O) groups is 1. The summed E-state index contributed by atoms with van der Waals surface area (Å²) < 4.78 is 13.5. The van der Waals surface area contributed by atoms with Gasteiger partial charge >= 0.3 is 0 Å². The summed E-state index contributed by atoms with van der Waals surface area (Å²) in [5.41, 5.74) is 1.35. The minimum Gasteiger partial charge on any atom is -0.356 e. The van der Waals surface area contributed by atoms with Crippen molar-refractivity contribution in [3.63, 3.8) is 0 Å². The highest BCUT2D eigenvalue weighted by Gasteiger charge is 2.18. The summed E-state index contributed by atoms with van der Waals surface area (Å²) in [6.45, 7) is 2.22. The van der Waals surface area contributed by atoms with Gasteiger partial charge in [0, 0.05) is 24.4 Å². The number of hydrogen-bond acceptors (Lipinski definition) is 8. The lowest BCUT2D eigenvalue weighted by molar-refractivity contribution is -0.384. The van der Waals surface area contributed by atoms with Crippen molar-refractivity contribution in [1.29, 1.82) is 0 Å². The first-order valence-electron chi connectivity index (χ1n) is 8.44. The topological polar surface area (TPSA) is 110 Å². The van der Waals surface area contributed by atoms with Crippen molar-refractivity contribution in [2.75, 3.05) is 10.6 Å². The Kier molecular flexibility index (Phi) is 6.73. The van der Waals surface area contributed by atoms with E-state index in [-0.39, 0.29) is 17.4 Å². The molecule has 0 aliphatic carbocycles. The first kappa shape index (κ1) is 20.7. The molecule has 1 aromatic heterocycles. The zero-order valence-electron chi connectivity index (χ0n) is 15.2. The molecule has 0 saturated heterocycles. The summed E-state index contributed by atoms with van der Waals surface area (Å²) >= 11 is 2.57. The molecule has 1 atom stereocenters. The number of thioether (sulfide) groups is 1. The molecular formula is C18H16FN5O3S2. The Bertz CT molecular complexity index is 995. The van der Waals surface area contributed by atoms with Gasteiger partial charge in [-0.2, -0.15) is 0 Å². The minimum atomic E-state index is -0.499. The molecule has 3 aromatic rings. The molecule has 0 spiro atoms. The van der Waals surface area contributed by atoms with Gasteiger partial charge in [0.25, 0.3) is 5.69 Å². The third kappa shape index (κ3) is 5.96. The number of anilines is 2. The summed E-state index contributed by atoms with van der Waals surface area (Å²) in [5, 5.41) is 24.7. The maximum Gasteiger partial charge on any atom is 0.269 e. The van der Waals surface area contributed by atoms with E-state index in [0.29, 0.717) is 21.7 Å². The van der Waals surface area contributed by atoms with E-state index in [1.54, 1.807) is 19.1 Å². The Morgan fingerprint density at radius 3 is 2.55 bits per heavy atom. The second kappa shape index (κ2) is 9.43. The number of non-ortho nitro benzene ring substituents is 1. The number of benzene rings is 2. The summed E-state index contributed by atoms with van der Waals surface area (Å²) in [6.07, 6.45) is 0. The quantitative estimate of drug-likeness (QED) is 0.309. The van der Waals surface area contributed by atoms with E-state index in [2.05, 4.69) is 20.8 Å². The molecule has 29 heavy (non-hydrogen) atoms. The molecule has 2 aromatic carbocycles. The Balaban J connectivity index is 1.50. The first-order chi connectivity index (χ1) is 13.9. The fraction of sp³-hybridized carbons (Fsp3) is 0.167. The van der Waals surface area contributed by atoms with Crippen LogP contribution >= 0.6 is 23.1 Å². The number of nitro benzene ring substituents is 1. The van der Waals surface area contributed by atoms with Crippen molar-refractivity contribution in [3.8, 4) is 0 Å². The van der Waals surface area contributed by atoms with Crippen LogP contribution in [0.25, 0.3) is 0 Å². The number of carbonyl (C=O) groups excluding carboxylic acids is 1. The maximum atomic E-state index is 12.9. The standard InChI is InChI=1S/C18H16FN5O3S2/c1-11(16(25)21-14-6-8-15(9-7-14)24(26)27)28-18-23-22-17(29-18)20-10-12-2-4-13(19)5-3-12/h2-9,11H,10H2,1H3,(H,20,22)(H,21,25). The molecule has 0 aliphatic rings. The average molecular weight is 433 g/mol. The van der Waals surface area contributed by atoms with Gasteiger partial charge in [-0.05, 0) is 36.8 Å². The van der Waals surface area contributed by atoms with Crippen LogP contribution in [0, 0.1) is 15.9 Å². The van der Waals surface area contributed by atoms with E-state index in [4.69, 9.17) is 0 Å². The van der Waals surface area contributed by atoms with Crippen molar-refractivity contribution >= 4 is 45.5 Å². The number of halogens is 1. The molecule has 0 radical (unpaired) electrons. The summed E-state index contributed by atoms with van der Waals surface area (Å²) in [4.78, 5) is 22.5. The van der Waals surface area contributed by atoms with Crippen molar-refractivity contribution in [1.82, 2.24) is 10.2 Å². The normalized spacial score (nSPS) is 11.7. The number of nitrogens with one attached hydrogen (secondary N) is 2. The Labute approximate surface area is 173 Å².